The average Bonchev–Trinajstić information content (AvgIpc) is 3.07. The van der Waals surface area contributed by atoms with Crippen molar-refractivity contribution in [3.05, 3.63) is 35.1 Å². The van der Waals surface area contributed by atoms with Crippen molar-refractivity contribution in [2.24, 2.45) is 17.8 Å². The molecule has 96 valence electrons. The molecule has 0 aromatic heterocycles. The van der Waals surface area contributed by atoms with Gasteiger partial charge in [0.05, 0.1) is 0 Å². The van der Waals surface area contributed by atoms with Crippen LogP contribution in [0.25, 0.3) is 0 Å². The molecule has 2 heteroatoms. The van der Waals surface area contributed by atoms with Crippen LogP contribution in [0, 0.1) is 30.5 Å². The molecule has 18 heavy (non-hydrogen) atoms. The van der Waals surface area contributed by atoms with E-state index in [2.05, 4.69) is 0 Å². The Balaban J connectivity index is 1.68. The van der Waals surface area contributed by atoms with E-state index in [0.29, 0.717) is 30.0 Å². The highest BCUT2D eigenvalue weighted by molar-refractivity contribution is 5.86. The maximum absolute atomic E-state index is 13.0. The number of ketones is 1. The molecule has 2 fully saturated rings. The summed E-state index contributed by atoms with van der Waals surface area (Å²) in [4.78, 5) is 12.3. The molecule has 2 aliphatic carbocycles. The van der Waals surface area contributed by atoms with Gasteiger partial charge in [-0.3, -0.25) is 4.79 Å². The molecule has 0 bridgehead atoms. The Bertz CT molecular complexity index is 468. The van der Waals surface area contributed by atoms with Gasteiger partial charge in [-0.25, -0.2) is 4.39 Å². The van der Waals surface area contributed by atoms with Crippen LogP contribution in [-0.4, -0.2) is 5.78 Å². The van der Waals surface area contributed by atoms with E-state index in [0.717, 1.165) is 11.1 Å². The predicted octanol–water partition coefficient (Wildman–Crippen LogP) is 3.68. The number of benzene rings is 1. The van der Waals surface area contributed by atoms with Crippen molar-refractivity contribution >= 4 is 5.78 Å². The van der Waals surface area contributed by atoms with Crippen LogP contribution < -0.4 is 0 Å². The average molecular weight is 246 g/mol. The molecule has 0 saturated heterocycles. The highest BCUT2D eigenvalue weighted by atomic mass is 19.1. The lowest BCUT2D eigenvalue weighted by molar-refractivity contribution is -0.120. The van der Waals surface area contributed by atoms with E-state index < -0.39 is 0 Å². The second-order valence-corrected chi connectivity index (χ2v) is 5.85. The zero-order valence-electron chi connectivity index (χ0n) is 10.8. The molecule has 0 amide bonds. The fourth-order valence-corrected chi connectivity index (χ4v) is 3.63. The Morgan fingerprint density at radius 2 is 1.94 bits per heavy atom. The van der Waals surface area contributed by atoms with Gasteiger partial charge >= 0.3 is 0 Å². The second-order valence-electron chi connectivity index (χ2n) is 5.85. The van der Waals surface area contributed by atoms with Crippen LogP contribution in [0.4, 0.5) is 4.39 Å². The number of carbonyl (C=O) groups excluding carboxylic acids is 1. The van der Waals surface area contributed by atoms with Crippen LogP contribution in [0.1, 0.15) is 36.8 Å². The fourth-order valence-electron chi connectivity index (χ4n) is 3.63. The SMILES string of the molecule is Cc1cc(F)ccc1CC(=O)C1C2CCCCC21. The van der Waals surface area contributed by atoms with E-state index in [1.165, 1.54) is 37.8 Å². The Kier molecular flexibility index (Phi) is 2.96. The Morgan fingerprint density at radius 1 is 1.28 bits per heavy atom. The number of carbonyl (C=O) groups is 1. The Labute approximate surface area is 107 Å². The Morgan fingerprint density at radius 3 is 2.56 bits per heavy atom. The zero-order valence-corrected chi connectivity index (χ0v) is 10.8. The maximum atomic E-state index is 13.0. The molecule has 1 aromatic carbocycles. The van der Waals surface area contributed by atoms with E-state index in [1.807, 2.05) is 6.92 Å². The molecule has 1 aromatic rings. The van der Waals surface area contributed by atoms with Crippen molar-refractivity contribution in [2.75, 3.05) is 0 Å². The number of halogens is 1. The molecule has 1 nitrogen and oxygen atoms in total. The van der Waals surface area contributed by atoms with Crippen molar-refractivity contribution in [2.45, 2.75) is 39.0 Å². The number of fused-ring (bicyclic) bond motifs is 1. The molecular formula is C16H19FO. The van der Waals surface area contributed by atoms with Crippen molar-refractivity contribution in [3.8, 4) is 0 Å². The highest BCUT2D eigenvalue weighted by Crippen LogP contribution is 2.56. The number of Topliss-reactive ketones (excluding diaryl/α,β-unsaturated/α-hetero) is 1. The molecule has 3 rings (SSSR count). The second kappa shape index (κ2) is 4.49. The number of aryl methyl sites for hydroxylation is 1. The summed E-state index contributed by atoms with van der Waals surface area (Å²) in [6.45, 7) is 1.88. The van der Waals surface area contributed by atoms with Crippen LogP contribution in [0.3, 0.4) is 0 Å². The van der Waals surface area contributed by atoms with Crippen LogP contribution in [0.5, 0.6) is 0 Å². The van der Waals surface area contributed by atoms with E-state index in [9.17, 15) is 9.18 Å². The van der Waals surface area contributed by atoms with Crippen LogP contribution in [0.15, 0.2) is 18.2 Å². The fraction of sp³-hybridized carbons (Fsp3) is 0.562. The molecule has 0 spiro atoms. The molecule has 0 aliphatic heterocycles. The van der Waals surface area contributed by atoms with E-state index >= 15 is 0 Å². The minimum absolute atomic E-state index is 0.219. The molecular weight excluding hydrogens is 227 g/mol. The summed E-state index contributed by atoms with van der Waals surface area (Å²) in [6, 6.07) is 4.73. The third-order valence-corrected chi connectivity index (χ3v) is 4.70. The number of hydrogen-bond donors (Lipinski definition) is 0. The maximum Gasteiger partial charge on any atom is 0.140 e. The minimum Gasteiger partial charge on any atom is -0.299 e. The Hall–Kier alpha value is -1.18. The van der Waals surface area contributed by atoms with Gasteiger partial charge in [0.25, 0.3) is 0 Å². The lowest BCUT2D eigenvalue weighted by atomic mass is 10.00. The lowest BCUT2D eigenvalue weighted by Gasteiger charge is -2.05. The van der Waals surface area contributed by atoms with Gasteiger partial charge in [-0.2, -0.15) is 0 Å². The van der Waals surface area contributed by atoms with E-state index in [-0.39, 0.29) is 5.82 Å². The lowest BCUT2D eigenvalue weighted by Crippen LogP contribution is -2.08. The van der Waals surface area contributed by atoms with Gasteiger partial charge in [-0.05, 0) is 54.9 Å². The monoisotopic (exact) mass is 246 g/mol. The van der Waals surface area contributed by atoms with Crippen molar-refractivity contribution < 1.29 is 9.18 Å². The molecule has 0 radical (unpaired) electrons. The van der Waals surface area contributed by atoms with Crippen molar-refractivity contribution in [1.82, 2.24) is 0 Å². The van der Waals surface area contributed by atoms with Gasteiger partial charge in [0.15, 0.2) is 0 Å². The summed E-state index contributed by atoms with van der Waals surface area (Å²) in [6.07, 6.45) is 5.55. The van der Waals surface area contributed by atoms with E-state index in [4.69, 9.17) is 0 Å². The third kappa shape index (κ3) is 2.09. The van der Waals surface area contributed by atoms with Crippen LogP contribution in [0.2, 0.25) is 0 Å². The first-order chi connectivity index (χ1) is 8.66. The third-order valence-electron chi connectivity index (χ3n) is 4.70. The zero-order chi connectivity index (χ0) is 12.7. The summed E-state index contributed by atoms with van der Waals surface area (Å²) >= 11 is 0. The topological polar surface area (TPSA) is 17.1 Å². The quantitative estimate of drug-likeness (QED) is 0.795. The summed E-state index contributed by atoms with van der Waals surface area (Å²) in [7, 11) is 0. The van der Waals surface area contributed by atoms with Crippen LogP contribution >= 0.6 is 0 Å². The van der Waals surface area contributed by atoms with Gasteiger partial charge in [-0.15, -0.1) is 0 Å². The predicted molar refractivity (Wildman–Crippen MR) is 68.8 cm³/mol. The van der Waals surface area contributed by atoms with E-state index in [1.54, 1.807) is 6.07 Å². The van der Waals surface area contributed by atoms with Gasteiger partial charge in [0.1, 0.15) is 11.6 Å². The van der Waals surface area contributed by atoms with Gasteiger partial charge in [0, 0.05) is 12.3 Å². The summed E-state index contributed by atoms with van der Waals surface area (Å²) < 4.78 is 13.0. The first-order valence-corrected chi connectivity index (χ1v) is 6.94. The standard InChI is InChI=1S/C16H19FO/c1-10-8-12(17)7-6-11(10)9-15(18)16-13-4-2-3-5-14(13)16/h6-8,13-14,16H,2-5,9H2,1H3. The molecule has 0 N–H and O–H groups in total. The van der Waals surface area contributed by atoms with Crippen molar-refractivity contribution in [3.63, 3.8) is 0 Å². The molecule has 2 unspecified atom stereocenters. The van der Waals surface area contributed by atoms with Gasteiger partial charge in [0.2, 0.25) is 0 Å². The highest BCUT2D eigenvalue weighted by Gasteiger charge is 2.53. The van der Waals surface area contributed by atoms with Gasteiger partial charge < -0.3 is 0 Å². The number of rotatable bonds is 3. The smallest absolute Gasteiger partial charge is 0.140 e. The number of hydrogen-bond acceptors (Lipinski definition) is 1. The summed E-state index contributed by atoms with van der Waals surface area (Å²) in [5, 5.41) is 0. The minimum atomic E-state index is -0.219. The molecule has 2 saturated carbocycles. The van der Waals surface area contributed by atoms with Gasteiger partial charge in [-0.1, -0.05) is 18.9 Å². The normalized spacial score (nSPS) is 29.8. The summed E-state index contributed by atoms with van der Waals surface area (Å²) in [5.41, 5.74) is 1.89. The van der Waals surface area contributed by atoms with Crippen molar-refractivity contribution in [1.29, 1.82) is 0 Å². The largest absolute Gasteiger partial charge is 0.299 e. The molecule has 2 atom stereocenters. The molecule has 2 aliphatic rings. The first kappa shape index (κ1) is 11.9. The first-order valence-electron chi connectivity index (χ1n) is 6.94. The summed E-state index contributed by atoms with van der Waals surface area (Å²) in [5.74, 6) is 1.82. The van der Waals surface area contributed by atoms with Crippen LogP contribution in [-0.2, 0) is 11.2 Å². The molecule has 0 heterocycles.